The van der Waals surface area contributed by atoms with Gasteiger partial charge in [0.25, 0.3) is 0 Å². The fourth-order valence-electron chi connectivity index (χ4n) is 8.55. The van der Waals surface area contributed by atoms with Crippen LogP contribution in [-0.4, -0.2) is 85.4 Å². The zero-order valence-electron chi connectivity index (χ0n) is 28.7. The summed E-state index contributed by atoms with van der Waals surface area (Å²) in [5.74, 6) is 0.0223. The zero-order valence-corrected chi connectivity index (χ0v) is 28.7. The summed E-state index contributed by atoms with van der Waals surface area (Å²) in [6, 6.07) is 6.53. The summed E-state index contributed by atoms with van der Waals surface area (Å²) >= 11 is 0. The van der Waals surface area contributed by atoms with Crippen LogP contribution in [0.4, 0.5) is 4.79 Å². The summed E-state index contributed by atoms with van der Waals surface area (Å²) in [4.78, 5) is 41.7. The van der Waals surface area contributed by atoms with E-state index in [9.17, 15) is 19.6 Å². The Balaban J connectivity index is 1.14. The van der Waals surface area contributed by atoms with Gasteiger partial charge >= 0.3 is 18.0 Å². The number of hydrogen-bond acceptors (Lipinski definition) is 11. The second-order valence-electron chi connectivity index (χ2n) is 14.9. The molecule has 1 radical (unpaired) electrons. The van der Waals surface area contributed by atoms with Crippen LogP contribution in [0.3, 0.4) is 0 Å². The predicted molar refractivity (Wildman–Crippen MR) is 171 cm³/mol. The highest BCUT2D eigenvalue weighted by Gasteiger charge is 2.50. The van der Waals surface area contributed by atoms with Gasteiger partial charge in [-0.05, 0) is 87.9 Å². The number of cyclic esters (lactones) is 1. The average molecular weight is 680 g/mol. The molecule has 2 aromatic rings. The van der Waals surface area contributed by atoms with Crippen molar-refractivity contribution >= 4 is 18.0 Å². The van der Waals surface area contributed by atoms with E-state index in [4.69, 9.17) is 33.2 Å². The molecule has 2 aromatic carbocycles. The molecule has 0 bridgehead atoms. The molecule has 0 aromatic heterocycles. The lowest BCUT2D eigenvalue weighted by Gasteiger charge is -2.49. The lowest BCUT2D eigenvalue weighted by molar-refractivity contribution is -0.298. The highest BCUT2D eigenvalue weighted by molar-refractivity contribution is 5.85. The topological polar surface area (TPSA) is 142 Å². The Morgan fingerprint density at radius 1 is 0.918 bits per heavy atom. The number of esters is 2. The van der Waals surface area contributed by atoms with Crippen LogP contribution in [0.1, 0.15) is 76.0 Å². The molecule has 0 spiro atoms. The molecule has 13 nitrogen and oxygen atoms in total. The standard InChI is InChI=1S/C36H43N2O11/c1-35(2)15-22(16-36(3,4)38(35)42)48-34(41)37-9-7-8-24(37)32(39)49-31-27(43-5)12-20(13-28(31)44-6)29-23-14-26-25(46-18-47-26)11-19(23)10-21-17-45-33(40)30(21)29/h11-14,21-22,24,29-30H,7-10,15-18H2,1-6H3/t21-,24-,29+,30-/m0/s1. The molecule has 5 aliphatic rings. The van der Waals surface area contributed by atoms with Crippen molar-refractivity contribution in [2.75, 3.05) is 34.2 Å². The number of amides is 1. The first kappa shape index (κ1) is 33.3. The largest absolute Gasteiger partial charge is 0.493 e. The lowest BCUT2D eigenvalue weighted by Crippen LogP contribution is -2.60. The molecule has 1 aliphatic carbocycles. The van der Waals surface area contributed by atoms with Crippen molar-refractivity contribution in [3.63, 3.8) is 0 Å². The van der Waals surface area contributed by atoms with Crippen molar-refractivity contribution in [1.82, 2.24) is 9.96 Å². The smallest absolute Gasteiger partial charge is 0.410 e. The van der Waals surface area contributed by atoms with Gasteiger partial charge in [-0.1, -0.05) is 0 Å². The molecule has 49 heavy (non-hydrogen) atoms. The summed E-state index contributed by atoms with van der Waals surface area (Å²) in [5, 5.41) is 13.9. The Kier molecular flexibility index (Phi) is 8.33. The first-order chi connectivity index (χ1) is 23.3. The molecule has 0 saturated carbocycles. The molecule has 3 fully saturated rings. The third-order valence-electron chi connectivity index (χ3n) is 10.7. The van der Waals surface area contributed by atoms with E-state index >= 15 is 0 Å². The van der Waals surface area contributed by atoms with Crippen LogP contribution in [-0.2, 0) is 30.7 Å². The highest BCUT2D eigenvalue weighted by Crippen LogP contribution is 2.52. The molecule has 263 valence electrons. The number of likely N-dealkylation sites (tertiary alicyclic amines) is 1. The molecule has 3 saturated heterocycles. The predicted octanol–water partition coefficient (Wildman–Crippen LogP) is 4.78. The summed E-state index contributed by atoms with van der Waals surface area (Å²) in [6.45, 7) is 8.14. The van der Waals surface area contributed by atoms with Gasteiger partial charge in [-0.2, -0.15) is 0 Å². The zero-order chi connectivity index (χ0) is 34.8. The van der Waals surface area contributed by atoms with Crippen molar-refractivity contribution in [1.29, 1.82) is 0 Å². The molecule has 0 N–H and O–H groups in total. The number of carbonyl (C=O) groups excluding carboxylic acids is 3. The minimum Gasteiger partial charge on any atom is -0.493 e. The number of rotatable bonds is 6. The van der Waals surface area contributed by atoms with E-state index in [1.54, 1.807) is 12.1 Å². The second kappa shape index (κ2) is 12.3. The Hall–Kier alpha value is -4.23. The summed E-state index contributed by atoms with van der Waals surface area (Å²) in [7, 11) is 2.93. The average Bonchev–Trinajstić information content (AvgIpc) is 3.81. The van der Waals surface area contributed by atoms with Gasteiger partial charge in [-0.25, -0.2) is 9.59 Å². The maximum absolute atomic E-state index is 13.7. The van der Waals surface area contributed by atoms with E-state index in [-0.39, 0.29) is 35.9 Å². The van der Waals surface area contributed by atoms with Crippen LogP contribution < -0.4 is 23.7 Å². The monoisotopic (exact) mass is 679 g/mol. The normalized spacial score (nSPS) is 26.8. The number of benzene rings is 2. The van der Waals surface area contributed by atoms with Crippen molar-refractivity contribution in [2.45, 2.75) is 88.9 Å². The van der Waals surface area contributed by atoms with Gasteiger partial charge < -0.3 is 33.2 Å². The molecular formula is C36H43N2O11. The lowest BCUT2D eigenvalue weighted by atomic mass is 9.67. The van der Waals surface area contributed by atoms with Crippen LogP contribution in [0.5, 0.6) is 28.7 Å². The second-order valence-corrected chi connectivity index (χ2v) is 14.9. The number of hydroxylamine groups is 2. The Bertz CT molecular complexity index is 1630. The van der Waals surface area contributed by atoms with Crippen molar-refractivity contribution in [3.05, 3.63) is 41.0 Å². The van der Waals surface area contributed by atoms with Gasteiger partial charge in [0.05, 0.1) is 26.7 Å². The van der Waals surface area contributed by atoms with E-state index in [0.29, 0.717) is 56.8 Å². The Labute approximate surface area is 285 Å². The van der Waals surface area contributed by atoms with Gasteiger partial charge in [-0.3, -0.25) is 9.69 Å². The number of hydrogen-bond donors (Lipinski definition) is 0. The quantitative estimate of drug-likeness (QED) is 0.308. The van der Waals surface area contributed by atoms with Crippen molar-refractivity contribution in [2.24, 2.45) is 11.8 Å². The first-order valence-corrected chi connectivity index (χ1v) is 16.8. The highest BCUT2D eigenvalue weighted by atomic mass is 16.7. The minimum absolute atomic E-state index is 0.0297. The number of fused-ring (bicyclic) bond motifs is 3. The number of nitrogens with zero attached hydrogens (tertiary/aromatic N) is 2. The van der Waals surface area contributed by atoms with E-state index in [1.807, 2.05) is 39.8 Å². The maximum atomic E-state index is 13.7. The molecule has 4 heterocycles. The summed E-state index contributed by atoms with van der Waals surface area (Å²) < 4.78 is 40.2. The Morgan fingerprint density at radius 2 is 1.57 bits per heavy atom. The fourth-order valence-corrected chi connectivity index (χ4v) is 8.55. The Morgan fingerprint density at radius 3 is 2.22 bits per heavy atom. The van der Waals surface area contributed by atoms with Gasteiger partial charge in [-0.15, -0.1) is 10.3 Å². The van der Waals surface area contributed by atoms with E-state index < -0.39 is 47.1 Å². The fraction of sp³-hybridized carbons (Fsp3) is 0.583. The number of ether oxygens (including phenoxy) is 7. The number of methoxy groups -OCH3 is 2. The molecular weight excluding hydrogens is 636 g/mol. The summed E-state index contributed by atoms with van der Waals surface area (Å²) in [5.41, 5.74) is 1.27. The summed E-state index contributed by atoms with van der Waals surface area (Å²) in [6.07, 6.45) is 1.32. The SMILES string of the molecule is COc1cc([C@@H]2c3cc4c(cc3C[C@H]3COC(=O)[C@@H]32)OCO4)cc(OC)c1OC(=O)[C@@H]1CCCN1C(=O)OC1CC(C)(C)N([O])C(C)(C)C1. The molecule has 4 aliphatic heterocycles. The van der Waals surface area contributed by atoms with Crippen LogP contribution in [0.15, 0.2) is 24.3 Å². The van der Waals surface area contributed by atoms with Crippen LogP contribution >= 0.6 is 0 Å². The van der Waals surface area contributed by atoms with Crippen LogP contribution in [0.25, 0.3) is 0 Å². The number of piperidine rings is 1. The number of carbonyl (C=O) groups is 3. The van der Waals surface area contributed by atoms with Gasteiger partial charge in [0, 0.05) is 42.3 Å². The molecule has 0 unspecified atom stereocenters. The van der Waals surface area contributed by atoms with E-state index in [0.717, 1.165) is 21.8 Å². The third-order valence-corrected chi connectivity index (χ3v) is 10.7. The first-order valence-electron chi connectivity index (χ1n) is 16.8. The van der Waals surface area contributed by atoms with Gasteiger partial charge in [0.1, 0.15) is 12.1 Å². The molecule has 4 atom stereocenters. The van der Waals surface area contributed by atoms with E-state index in [1.165, 1.54) is 19.1 Å². The van der Waals surface area contributed by atoms with Crippen LogP contribution in [0, 0.1) is 11.8 Å². The van der Waals surface area contributed by atoms with Crippen molar-refractivity contribution in [3.8, 4) is 28.7 Å². The van der Waals surface area contributed by atoms with Crippen molar-refractivity contribution < 1.29 is 52.7 Å². The maximum Gasteiger partial charge on any atom is 0.410 e. The minimum atomic E-state index is -0.884. The molecule has 13 heteroatoms. The molecule has 1 amide bonds. The van der Waals surface area contributed by atoms with E-state index in [2.05, 4.69) is 0 Å². The third kappa shape index (κ3) is 5.80. The van der Waals surface area contributed by atoms with Gasteiger partial charge in [0.15, 0.2) is 23.0 Å². The van der Waals surface area contributed by atoms with Crippen LogP contribution in [0.2, 0.25) is 0 Å². The van der Waals surface area contributed by atoms with Gasteiger partial charge in [0.2, 0.25) is 12.5 Å². The molecule has 7 rings (SSSR count).